The predicted molar refractivity (Wildman–Crippen MR) is 259 cm³/mol. The van der Waals surface area contributed by atoms with E-state index < -0.39 is 277 Å². The minimum atomic E-state index is -5.60. The number of hydrogen-bond acceptors (Lipinski definition) is 35. The highest BCUT2D eigenvalue weighted by atomic mass is 32.3. The first kappa shape index (κ1) is 72.2. The van der Waals surface area contributed by atoms with Crippen molar-refractivity contribution in [2.24, 2.45) is 29.6 Å². The van der Waals surface area contributed by atoms with Crippen LogP contribution in [0.25, 0.3) is 0 Å². The zero-order chi connectivity index (χ0) is 64.3. The fourth-order valence-corrected chi connectivity index (χ4v) is 11.9. The number of aliphatic hydroxyl groups excluding tert-OH is 10. The van der Waals surface area contributed by atoms with E-state index in [1.54, 1.807) is 0 Å². The molecular weight excluding hydrogens is 1280 g/mol. The number of hydrogen-bond donors (Lipinski definition) is 16. The maximum Gasteiger partial charge on any atom is 0.397 e. The number of ether oxygens (including phenoxy) is 11. The Hall–Kier alpha value is -2.84. The summed E-state index contributed by atoms with van der Waals surface area (Å²) in [5.41, 5.74) is 0. The predicted octanol–water partition coefficient (Wildman–Crippen LogP) is -9.48. The lowest BCUT2D eigenvalue weighted by molar-refractivity contribution is -0.327. The minimum absolute atomic E-state index is 0.562. The van der Waals surface area contributed by atoms with Gasteiger partial charge in [-0.25, -0.2) is 26.3 Å². The molecule has 500 valence electrons. The van der Waals surface area contributed by atoms with Gasteiger partial charge in [0, 0.05) is 29.6 Å². The smallest absolute Gasteiger partial charge is 0.397 e. The molecule has 18 unspecified atom stereocenters. The molecule has 16 N–H and O–H groups in total. The van der Waals surface area contributed by atoms with Gasteiger partial charge in [-0.05, 0) is 19.9 Å². The van der Waals surface area contributed by atoms with Crippen molar-refractivity contribution in [3.05, 3.63) is 11.8 Å². The second-order valence-electron chi connectivity index (χ2n) is 20.3. The number of rotatable bonds is 27. The highest BCUT2D eigenvalue weighted by Gasteiger charge is 2.55. The van der Waals surface area contributed by atoms with Crippen LogP contribution in [-0.2, 0) is 120 Å². The summed E-state index contributed by atoms with van der Waals surface area (Å²) >= 11 is 0. The number of aliphatic hydroxyl groups is 10. The van der Waals surface area contributed by atoms with E-state index in [2.05, 4.69) is 16.7 Å². The molecule has 6 aliphatic rings. The van der Waals surface area contributed by atoms with Crippen molar-refractivity contribution in [1.82, 2.24) is 0 Å². The van der Waals surface area contributed by atoms with Gasteiger partial charge >= 0.3 is 53.5 Å². The Balaban J connectivity index is 1.26. The molecule has 0 aliphatic carbocycles. The van der Waals surface area contributed by atoms with Crippen molar-refractivity contribution in [1.29, 1.82) is 0 Å². The van der Waals surface area contributed by atoms with Gasteiger partial charge in [-0.3, -0.25) is 18.2 Å². The van der Waals surface area contributed by atoms with Crippen LogP contribution in [0.2, 0.25) is 0 Å². The largest absolute Gasteiger partial charge is 0.479 e. The third kappa shape index (κ3) is 18.9. The first-order chi connectivity index (χ1) is 39.8. The highest BCUT2D eigenvalue weighted by molar-refractivity contribution is 7.81. The molecule has 45 heteroatoms. The van der Waals surface area contributed by atoms with Crippen molar-refractivity contribution >= 4 is 53.5 Å². The van der Waals surface area contributed by atoms with Crippen LogP contribution < -0.4 is 0 Å². The molecule has 6 rings (SSSR count). The minimum Gasteiger partial charge on any atom is -0.479 e. The van der Waals surface area contributed by atoms with Crippen LogP contribution in [0.3, 0.4) is 0 Å². The summed E-state index contributed by atoms with van der Waals surface area (Å²) in [5.74, 6) is -12.4. The average molecular weight is 1340 g/mol. The first-order valence-electron chi connectivity index (χ1n) is 25.3. The fraction of sp³-hybridized carbons (Fsp3) is 0.902. The maximum atomic E-state index is 12.6. The summed E-state index contributed by atoms with van der Waals surface area (Å²) in [6.45, 7) is -5.02. The van der Waals surface area contributed by atoms with Crippen molar-refractivity contribution < 1.29 is 192 Å². The Morgan fingerprint density at radius 3 is 1.59 bits per heavy atom. The lowest BCUT2D eigenvalue weighted by Crippen LogP contribution is -2.61. The standard InChI is InChI=1S/C41H66O41S4/c1-12-23(44)32(81-85(62,63)64)30(51)40(75-12)71-7-15-14(5-68-22(24(15)45)11-74-83(56,57)58)6-69-38-27(48)18(26(47)33(79-38)36(54)55)10-70-37-17(9-72-39-28(49)19(43)3-20(77-39)35(52)53)16(25(46)21(4-42)78-37)8-73-41-34(82-86(65,66)67)29(50)31(13(2)76-41)80-84(59,60)61/h3,12-19,21-34,37-51H,4-11H2,1-2H3,(H,52,53)(H,54,55)(H,56,57,58)(H,59,60,61)(H,62,63,64)(H,65,66,67)/t12?,13?,14?,15?,16?,17?,18?,19?,21?,22?,23-,24+,25+,26+,27?,28?,29?,30?,31-,32?,33?,34?,37?,38+,39+,40+,41+/m0/s1. The lowest BCUT2D eigenvalue weighted by Gasteiger charge is -2.47. The molecule has 0 saturated carbocycles. The lowest BCUT2D eigenvalue weighted by atomic mass is 9.82. The highest BCUT2D eigenvalue weighted by Crippen LogP contribution is 2.39. The van der Waals surface area contributed by atoms with Gasteiger partial charge in [0.15, 0.2) is 37.4 Å². The fourth-order valence-electron chi connectivity index (χ4n) is 10.0. The van der Waals surface area contributed by atoms with Crippen LogP contribution in [0.4, 0.5) is 0 Å². The van der Waals surface area contributed by atoms with Crippen LogP contribution in [0.15, 0.2) is 11.8 Å². The molecular formula is C41H66O41S4. The molecule has 0 radical (unpaired) electrons. The summed E-state index contributed by atoms with van der Waals surface area (Å²) in [5, 5.41) is 130. The second kappa shape index (κ2) is 29.6. The molecule has 0 spiro atoms. The molecule has 41 nitrogen and oxygen atoms in total. The van der Waals surface area contributed by atoms with Gasteiger partial charge in [-0.1, -0.05) is 0 Å². The average Bonchev–Trinajstić information content (AvgIpc) is 1.39. The summed E-state index contributed by atoms with van der Waals surface area (Å²) < 4.78 is 210. The van der Waals surface area contributed by atoms with Gasteiger partial charge in [-0.2, -0.15) is 33.7 Å². The molecule has 0 aromatic heterocycles. The summed E-state index contributed by atoms with van der Waals surface area (Å²) in [6.07, 6.45) is -43.8. The monoisotopic (exact) mass is 1340 g/mol. The second-order valence-corrected chi connectivity index (χ2v) is 24.5. The topological polar surface area (TPSA) is 633 Å². The number of carbonyl (C=O) groups is 2. The van der Waals surface area contributed by atoms with Crippen molar-refractivity contribution in [3.63, 3.8) is 0 Å². The van der Waals surface area contributed by atoms with Crippen molar-refractivity contribution in [2.75, 3.05) is 52.9 Å². The molecule has 6 aliphatic heterocycles. The van der Waals surface area contributed by atoms with Gasteiger partial charge < -0.3 is 113 Å². The summed E-state index contributed by atoms with van der Waals surface area (Å²) in [7, 11) is -21.5. The van der Waals surface area contributed by atoms with Gasteiger partial charge in [0.1, 0.15) is 61.0 Å². The van der Waals surface area contributed by atoms with E-state index in [0.29, 0.717) is 6.08 Å². The first-order valence-corrected chi connectivity index (χ1v) is 30.7. The normalized spacial score (nSPS) is 42.1. The van der Waals surface area contributed by atoms with Gasteiger partial charge in [0.05, 0.1) is 83.4 Å². The molecule has 27 atom stereocenters. The van der Waals surface area contributed by atoms with Crippen LogP contribution >= 0.6 is 0 Å². The zero-order valence-electron chi connectivity index (χ0n) is 44.3. The Morgan fingerprint density at radius 1 is 0.488 bits per heavy atom. The third-order valence-corrected chi connectivity index (χ3v) is 16.3. The SMILES string of the molecule is CC1O[C@@H](OCC2C(CO[C@@H]3OC(C(=O)O)[C@H](O)C(COC4OC(CO)[C@H](O)C(CO[C@@H]5OC(C)[C@H](OS(=O)(=O)O)C(O)C5OS(=O)(=O)O)C4CO[C@@H]4OC(C(=O)O)=CC(O)C4O)C3O)COC(COS(=O)(=O)O)[C@@H]2O)C(O)C(OS(=O)(=O)O)[C@H]1O. The molecule has 0 amide bonds. The van der Waals surface area contributed by atoms with E-state index in [0.717, 1.165) is 6.92 Å². The van der Waals surface area contributed by atoms with Crippen LogP contribution in [-0.4, -0.2) is 313 Å². The summed E-state index contributed by atoms with van der Waals surface area (Å²) in [6, 6.07) is 0. The van der Waals surface area contributed by atoms with Crippen molar-refractivity contribution in [3.8, 4) is 0 Å². The molecule has 5 fully saturated rings. The van der Waals surface area contributed by atoms with E-state index in [9.17, 15) is 123 Å². The van der Waals surface area contributed by atoms with Crippen LogP contribution in [0, 0.1) is 29.6 Å². The van der Waals surface area contributed by atoms with E-state index in [1.807, 2.05) is 0 Å². The van der Waals surface area contributed by atoms with E-state index in [1.165, 1.54) is 6.92 Å². The van der Waals surface area contributed by atoms with Gasteiger partial charge in [0.25, 0.3) is 0 Å². The molecule has 0 bridgehead atoms. The third-order valence-electron chi connectivity index (χ3n) is 14.5. The van der Waals surface area contributed by atoms with E-state index in [4.69, 9.17) is 52.1 Å². The number of carboxylic acid groups (broad SMARTS) is 2. The van der Waals surface area contributed by atoms with Gasteiger partial charge in [0.2, 0.25) is 12.0 Å². The quantitative estimate of drug-likeness (QED) is 0.0340. The van der Waals surface area contributed by atoms with Crippen LogP contribution in [0.1, 0.15) is 13.8 Å². The van der Waals surface area contributed by atoms with Gasteiger partial charge in [-0.15, -0.1) is 0 Å². The molecule has 86 heavy (non-hydrogen) atoms. The van der Waals surface area contributed by atoms with Crippen molar-refractivity contribution in [2.45, 2.75) is 149 Å². The number of aliphatic carboxylic acids is 2. The summed E-state index contributed by atoms with van der Waals surface area (Å²) in [4.78, 5) is 24.4. The Morgan fingerprint density at radius 2 is 1.00 bits per heavy atom. The number of carboxylic acids is 2. The van der Waals surface area contributed by atoms with Crippen LogP contribution in [0.5, 0.6) is 0 Å². The molecule has 5 saturated heterocycles. The maximum absolute atomic E-state index is 12.6. The Bertz CT molecular complexity index is 2760. The Labute approximate surface area is 487 Å². The molecule has 0 aromatic rings. The molecule has 0 aromatic carbocycles. The van der Waals surface area contributed by atoms with E-state index >= 15 is 0 Å². The van der Waals surface area contributed by atoms with E-state index in [-0.39, 0.29) is 0 Å². The Kier molecular flexibility index (Phi) is 24.9. The molecule has 6 heterocycles. The zero-order valence-corrected chi connectivity index (χ0v) is 47.6.